The zero-order valence-corrected chi connectivity index (χ0v) is 21.9. The second-order valence-electron chi connectivity index (χ2n) is 14.8. The molecule has 5 fully saturated rings. The van der Waals surface area contributed by atoms with E-state index in [0.717, 1.165) is 36.0 Å². The lowest BCUT2D eigenvalue weighted by Crippen LogP contribution is -2.57. The van der Waals surface area contributed by atoms with Crippen molar-refractivity contribution in [1.82, 2.24) is 0 Å². The quantitative estimate of drug-likeness (QED) is 0.467. The van der Waals surface area contributed by atoms with E-state index < -0.39 is 0 Å². The van der Waals surface area contributed by atoms with E-state index in [1.165, 1.54) is 70.6 Å². The van der Waals surface area contributed by atoms with Gasteiger partial charge in [-0.2, -0.15) is 0 Å². The Morgan fingerprint density at radius 1 is 0.742 bits per heavy atom. The predicted octanol–water partition coefficient (Wildman–Crippen LogP) is 8.25. The third kappa shape index (κ3) is 2.77. The fraction of sp³-hybridized carbons (Fsp3) is 1.00. The zero-order valence-electron chi connectivity index (χ0n) is 21.9. The topological polar surface area (TPSA) is 20.2 Å². The summed E-state index contributed by atoms with van der Waals surface area (Å²) in [6, 6.07) is 0. The number of rotatable bonds is 5. The molecule has 0 aromatic rings. The van der Waals surface area contributed by atoms with Crippen LogP contribution in [-0.4, -0.2) is 11.2 Å². The molecule has 0 aromatic heterocycles. The lowest BCUT2D eigenvalue weighted by molar-refractivity contribution is -0.161. The summed E-state index contributed by atoms with van der Waals surface area (Å²) in [5, 5.41) is 10.8. The van der Waals surface area contributed by atoms with Crippen molar-refractivity contribution in [3.63, 3.8) is 0 Å². The van der Waals surface area contributed by atoms with Crippen molar-refractivity contribution in [3.05, 3.63) is 0 Å². The van der Waals surface area contributed by atoms with Crippen LogP contribution < -0.4 is 0 Å². The van der Waals surface area contributed by atoms with E-state index in [0.29, 0.717) is 21.7 Å². The Morgan fingerprint density at radius 2 is 1.42 bits per heavy atom. The molecule has 0 heterocycles. The smallest absolute Gasteiger partial charge is 0.0594 e. The summed E-state index contributed by atoms with van der Waals surface area (Å²) in [6.07, 6.45) is 16.9. The van der Waals surface area contributed by atoms with Gasteiger partial charge in [-0.3, -0.25) is 0 Å². The first-order valence-corrected chi connectivity index (χ1v) is 14.1. The summed E-state index contributed by atoms with van der Waals surface area (Å²) in [5.74, 6) is 4.41. The van der Waals surface area contributed by atoms with E-state index in [1.807, 2.05) is 0 Å². The third-order valence-electron chi connectivity index (χ3n) is 13.3. The number of aliphatic hydroxyl groups excluding tert-OH is 1. The summed E-state index contributed by atoms with van der Waals surface area (Å²) in [5.41, 5.74) is 2.45. The van der Waals surface area contributed by atoms with Crippen LogP contribution in [-0.2, 0) is 0 Å². The second kappa shape index (κ2) is 6.99. The molecule has 1 N–H and O–H groups in total. The van der Waals surface area contributed by atoms with Crippen LogP contribution in [0.5, 0.6) is 0 Å². The minimum absolute atomic E-state index is 0.0793. The molecule has 2 spiro atoms. The monoisotopic (exact) mass is 428 g/mol. The van der Waals surface area contributed by atoms with Crippen molar-refractivity contribution in [1.29, 1.82) is 0 Å². The Balaban J connectivity index is 1.39. The van der Waals surface area contributed by atoms with Gasteiger partial charge in [0.2, 0.25) is 0 Å². The highest BCUT2D eigenvalue weighted by Gasteiger charge is 2.82. The molecule has 5 aliphatic carbocycles. The van der Waals surface area contributed by atoms with Crippen molar-refractivity contribution in [3.8, 4) is 0 Å². The van der Waals surface area contributed by atoms with E-state index in [-0.39, 0.29) is 11.5 Å². The molecule has 178 valence electrons. The summed E-state index contributed by atoms with van der Waals surface area (Å²) in [7, 11) is 0. The Hall–Kier alpha value is -0.0400. The van der Waals surface area contributed by atoms with Crippen LogP contribution in [0.25, 0.3) is 0 Å². The number of fused-ring (bicyclic) bond motifs is 2. The molecule has 5 saturated carbocycles. The van der Waals surface area contributed by atoms with Crippen LogP contribution in [0, 0.1) is 56.7 Å². The van der Waals surface area contributed by atoms with Crippen molar-refractivity contribution >= 4 is 0 Å². The van der Waals surface area contributed by atoms with Gasteiger partial charge in [0.1, 0.15) is 0 Å². The fourth-order valence-corrected chi connectivity index (χ4v) is 11.3. The highest BCUT2D eigenvalue weighted by Crippen LogP contribution is 2.89. The molecule has 1 nitrogen and oxygen atoms in total. The van der Waals surface area contributed by atoms with Crippen LogP contribution in [0.15, 0.2) is 0 Å². The summed E-state index contributed by atoms with van der Waals surface area (Å²) < 4.78 is 0. The fourth-order valence-electron chi connectivity index (χ4n) is 11.3. The van der Waals surface area contributed by atoms with Gasteiger partial charge < -0.3 is 5.11 Å². The first-order valence-electron chi connectivity index (χ1n) is 14.1. The number of hydrogen-bond acceptors (Lipinski definition) is 1. The van der Waals surface area contributed by atoms with Crippen LogP contribution in [0.3, 0.4) is 0 Å². The molecule has 0 aromatic carbocycles. The van der Waals surface area contributed by atoms with Crippen molar-refractivity contribution < 1.29 is 5.11 Å². The van der Waals surface area contributed by atoms with Gasteiger partial charge in [-0.1, -0.05) is 67.7 Å². The maximum Gasteiger partial charge on any atom is 0.0594 e. The van der Waals surface area contributed by atoms with E-state index in [4.69, 9.17) is 0 Å². The average Bonchev–Trinajstić information content (AvgIpc) is 3.27. The van der Waals surface area contributed by atoms with Crippen molar-refractivity contribution in [2.24, 2.45) is 56.7 Å². The minimum Gasteiger partial charge on any atom is -0.393 e. The number of hydrogen-bond donors (Lipinski definition) is 1. The standard InChI is InChI=1S/C30H52O/c1-20(2)9-8-10-21(3)22-13-15-28(7)24-12-11-23-26(4,5)25(31)14-16-29(23)19-30(24,29)18-17-27(22,28)6/h20-25,31H,8-19H2,1-7H3/t21?,22?,23?,24?,25?,27-,28+,29-,30+/m1/s1. The Labute approximate surface area is 193 Å². The maximum atomic E-state index is 10.8. The first-order chi connectivity index (χ1) is 14.4. The molecule has 0 radical (unpaired) electrons. The molecule has 0 aliphatic heterocycles. The van der Waals surface area contributed by atoms with Crippen molar-refractivity contribution in [2.45, 2.75) is 132 Å². The van der Waals surface area contributed by atoms with Gasteiger partial charge in [0, 0.05) is 0 Å². The Morgan fingerprint density at radius 3 is 2.13 bits per heavy atom. The summed E-state index contributed by atoms with van der Waals surface area (Å²) >= 11 is 0. The average molecular weight is 429 g/mol. The van der Waals surface area contributed by atoms with Gasteiger partial charge in [-0.25, -0.2) is 0 Å². The van der Waals surface area contributed by atoms with Gasteiger partial charge in [-0.15, -0.1) is 0 Å². The van der Waals surface area contributed by atoms with E-state index in [2.05, 4.69) is 48.5 Å². The largest absolute Gasteiger partial charge is 0.393 e. The van der Waals surface area contributed by atoms with Gasteiger partial charge in [0.05, 0.1) is 6.10 Å². The summed E-state index contributed by atoms with van der Waals surface area (Å²) in [6.45, 7) is 17.7. The normalized spacial score (nSPS) is 53.3. The molecule has 5 rings (SSSR count). The molecule has 31 heavy (non-hydrogen) atoms. The van der Waals surface area contributed by atoms with Gasteiger partial charge in [0.25, 0.3) is 0 Å². The molecule has 0 amide bonds. The molecule has 5 aliphatic rings. The first kappa shape index (κ1) is 22.7. The molecule has 1 heteroatoms. The lowest BCUT2D eigenvalue weighted by Gasteiger charge is -2.63. The summed E-state index contributed by atoms with van der Waals surface area (Å²) in [4.78, 5) is 0. The highest BCUT2D eigenvalue weighted by atomic mass is 16.3. The molecular weight excluding hydrogens is 376 g/mol. The Kier molecular flexibility index (Phi) is 5.13. The second-order valence-corrected chi connectivity index (χ2v) is 14.8. The van der Waals surface area contributed by atoms with Crippen LogP contribution in [0.1, 0.15) is 126 Å². The third-order valence-corrected chi connectivity index (χ3v) is 13.3. The molecule has 5 unspecified atom stereocenters. The molecule has 0 bridgehead atoms. The molecular formula is C30H52O. The van der Waals surface area contributed by atoms with Crippen molar-refractivity contribution in [2.75, 3.05) is 0 Å². The number of aliphatic hydroxyl groups is 1. The van der Waals surface area contributed by atoms with Gasteiger partial charge in [-0.05, 0) is 114 Å². The van der Waals surface area contributed by atoms with Gasteiger partial charge in [0.15, 0.2) is 0 Å². The van der Waals surface area contributed by atoms with E-state index in [9.17, 15) is 5.11 Å². The molecule has 0 saturated heterocycles. The Bertz CT molecular complexity index is 709. The zero-order chi connectivity index (χ0) is 22.4. The lowest BCUT2D eigenvalue weighted by atomic mass is 9.41. The SMILES string of the molecule is CC(C)CCCC(C)C1CC[C@@]2(C)C3CCC4C(C)(C)C(O)CC[C@@]45C[C@@]35CC[C@]12C. The maximum absolute atomic E-state index is 10.8. The van der Waals surface area contributed by atoms with Crippen LogP contribution >= 0.6 is 0 Å². The predicted molar refractivity (Wildman–Crippen MR) is 131 cm³/mol. The molecule has 9 atom stereocenters. The highest BCUT2D eigenvalue weighted by molar-refractivity contribution is 5.30. The van der Waals surface area contributed by atoms with E-state index in [1.54, 1.807) is 0 Å². The van der Waals surface area contributed by atoms with Crippen LogP contribution in [0.2, 0.25) is 0 Å². The van der Waals surface area contributed by atoms with Gasteiger partial charge >= 0.3 is 0 Å². The van der Waals surface area contributed by atoms with E-state index >= 15 is 0 Å². The minimum atomic E-state index is -0.0793. The van der Waals surface area contributed by atoms with Crippen LogP contribution in [0.4, 0.5) is 0 Å².